The summed E-state index contributed by atoms with van der Waals surface area (Å²) >= 11 is 8.75. The first-order chi connectivity index (χ1) is 10.7. The average molecular weight is 346 g/mol. The van der Waals surface area contributed by atoms with Gasteiger partial charge in [0.05, 0.1) is 9.41 Å². The number of thiophene rings is 1. The number of halogens is 1. The lowest BCUT2D eigenvalue weighted by Gasteiger charge is -1.91. The van der Waals surface area contributed by atoms with Crippen molar-refractivity contribution < 1.29 is 0 Å². The zero-order chi connectivity index (χ0) is 15.1. The van der Waals surface area contributed by atoms with E-state index < -0.39 is 0 Å². The predicted octanol–water partition coefficient (Wildman–Crippen LogP) is 3.08. The van der Waals surface area contributed by atoms with Gasteiger partial charge < -0.3 is 0 Å². The Morgan fingerprint density at radius 2 is 2.00 bits per heavy atom. The molecule has 7 heteroatoms. The standard InChI is InChI=1S/C15H8ClN3OS2/c16-10-5-3-9(4-6-10)8-12-14(20)19-15(22-12)17-13(18-19)11-2-1-7-21-11/h1-8H/b12-8-. The molecule has 3 aromatic heterocycles. The van der Waals surface area contributed by atoms with E-state index in [9.17, 15) is 4.79 Å². The lowest BCUT2D eigenvalue weighted by molar-refractivity contribution is 0.938. The molecule has 0 aliphatic rings. The van der Waals surface area contributed by atoms with Crippen LogP contribution in [0, 0.1) is 0 Å². The van der Waals surface area contributed by atoms with Crippen LogP contribution in [0.3, 0.4) is 0 Å². The molecule has 4 aromatic rings. The fraction of sp³-hybridized carbons (Fsp3) is 0. The van der Waals surface area contributed by atoms with Gasteiger partial charge in [0.1, 0.15) is 0 Å². The smallest absolute Gasteiger partial charge is 0.266 e. The molecule has 22 heavy (non-hydrogen) atoms. The Morgan fingerprint density at radius 1 is 1.18 bits per heavy atom. The number of benzene rings is 1. The largest absolute Gasteiger partial charge is 0.291 e. The third-order valence-corrected chi connectivity index (χ3v) is 5.17. The molecule has 0 atom stereocenters. The van der Waals surface area contributed by atoms with Gasteiger partial charge in [0.15, 0.2) is 5.82 Å². The molecular weight excluding hydrogens is 338 g/mol. The Balaban J connectivity index is 1.84. The molecule has 4 rings (SSSR count). The van der Waals surface area contributed by atoms with Gasteiger partial charge in [0.25, 0.3) is 5.56 Å². The lowest BCUT2D eigenvalue weighted by atomic mass is 10.2. The second-order valence-corrected chi connectivity index (χ2v) is 6.97. The number of fused-ring (bicyclic) bond motifs is 1. The maximum atomic E-state index is 12.4. The van der Waals surface area contributed by atoms with E-state index in [1.54, 1.807) is 23.5 Å². The van der Waals surface area contributed by atoms with Crippen molar-refractivity contribution in [2.75, 3.05) is 0 Å². The molecule has 0 saturated heterocycles. The van der Waals surface area contributed by atoms with Crippen LogP contribution in [0.5, 0.6) is 0 Å². The monoisotopic (exact) mass is 345 g/mol. The fourth-order valence-electron chi connectivity index (χ4n) is 2.05. The van der Waals surface area contributed by atoms with Crippen LogP contribution in [-0.4, -0.2) is 14.6 Å². The third-order valence-electron chi connectivity index (χ3n) is 3.09. The Labute approximate surface area is 137 Å². The Hall–Kier alpha value is -2.02. The van der Waals surface area contributed by atoms with Crippen molar-refractivity contribution in [1.29, 1.82) is 0 Å². The average Bonchev–Trinajstić information content (AvgIpc) is 3.20. The van der Waals surface area contributed by atoms with Gasteiger partial charge in [0, 0.05) is 5.02 Å². The SMILES string of the molecule is O=c1/c(=C/c2ccc(Cl)cc2)sc2nc(-c3cccs3)nn12. The van der Waals surface area contributed by atoms with Crippen molar-refractivity contribution >= 4 is 45.3 Å². The zero-order valence-electron chi connectivity index (χ0n) is 11.1. The Bertz CT molecular complexity index is 1050. The maximum Gasteiger partial charge on any atom is 0.291 e. The van der Waals surface area contributed by atoms with Gasteiger partial charge >= 0.3 is 0 Å². The first kappa shape index (κ1) is 13.6. The van der Waals surface area contributed by atoms with Crippen LogP contribution in [0.15, 0.2) is 46.6 Å². The zero-order valence-corrected chi connectivity index (χ0v) is 13.5. The van der Waals surface area contributed by atoms with E-state index >= 15 is 0 Å². The molecule has 0 saturated carbocycles. The van der Waals surface area contributed by atoms with Gasteiger partial charge in [-0.3, -0.25) is 4.79 Å². The molecule has 0 aliphatic heterocycles. The summed E-state index contributed by atoms with van der Waals surface area (Å²) in [6.07, 6.45) is 1.82. The van der Waals surface area contributed by atoms with E-state index in [-0.39, 0.29) is 5.56 Å². The van der Waals surface area contributed by atoms with Crippen LogP contribution in [0.1, 0.15) is 5.56 Å². The third kappa shape index (κ3) is 2.35. The summed E-state index contributed by atoms with van der Waals surface area (Å²) < 4.78 is 1.97. The summed E-state index contributed by atoms with van der Waals surface area (Å²) in [6, 6.07) is 11.2. The highest BCUT2D eigenvalue weighted by Crippen LogP contribution is 2.21. The molecule has 0 spiro atoms. The van der Waals surface area contributed by atoms with Gasteiger partial charge in [-0.1, -0.05) is 41.1 Å². The number of hydrogen-bond acceptors (Lipinski definition) is 5. The van der Waals surface area contributed by atoms with Crippen LogP contribution in [0.2, 0.25) is 5.02 Å². The first-order valence-corrected chi connectivity index (χ1v) is 8.49. The van der Waals surface area contributed by atoms with Crippen LogP contribution < -0.4 is 10.1 Å². The maximum absolute atomic E-state index is 12.4. The minimum Gasteiger partial charge on any atom is -0.266 e. The quantitative estimate of drug-likeness (QED) is 0.561. The van der Waals surface area contributed by atoms with Crippen molar-refractivity contribution in [3.63, 3.8) is 0 Å². The van der Waals surface area contributed by atoms with Crippen molar-refractivity contribution in [3.8, 4) is 10.7 Å². The number of rotatable bonds is 2. The molecular formula is C15H8ClN3OS2. The van der Waals surface area contributed by atoms with Crippen LogP contribution >= 0.6 is 34.3 Å². The van der Waals surface area contributed by atoms with Crippen LogP contribution in [0.4, 0.5) is 0 Å². The fourth-order valence-corrected chi connectivity index (χ4v) is 3.74. The predicted molar refractivity (Wildman–Crippen MR) is 90.7 cm³/mol. The van der Waals surface area contributed by atoms with Crippen molar-refractivity contribution in [1.82, 2.24) is 14.6 Å². The van der Waals surface area contributed by atoms with Crippen molar-refractivity contribution in [2.24, 2.45) is 0 Å². The number of hydrogen-bond donors (Lipinski definition) is 0. The molecule has 0 N–H and O–H groups in total. The minimum absolute atomic E-state index is 0.148. The molecule has 108 valence electrons. The van der Waals surface area contributed by atoms with Gasteiger partial charge in [-0.2, -0.15) is 9.50 Å². The Morgan fingerprint density at radius 3 is 2.68 bits per heavy atom. The van der Waals surface area contributed by atoms with Crippen molar-refractivity contribution in [3.05, 3.63) is 67.3 Å². The minimum atomic E-state index is -0.148. The summed E-state index contributed by atoms with van der Waals surface area (Å²) in [4.78, 5) is 18.4. The number of thiazole rings is 1. The van der Waals surface area contributed by atoms with Crippen molar-refractivity contribution in [2.45, 2.75) is 0 Å². The Kier molecular flexibility index (Phi) is 3.29. The molecule has 0 amide bonds. The summed E-state index contributed by atoms with van der Waals surface area (Å²) in [5.41, 5.74) is 0.773. The topological polar surface area (TPSA) is 47.3 Å². The van der Waals surface area contributed by atoms with Gasteiger partial charge in [-0.25, -0.2) is 0 Å². The lowest BCUT2D eigenvalue weighted by Crippen LogP contribution is -2.23. The highest BCUT2D eigenvalue weighted by molar-refractivity contribution is 7.15. The second-order valence-electron chi connectivity index (χ2n) is 4.57. The molecule has 0 fully saturated rings. The highest BCUT2D eigenvalue weighted by Gasteiger charge is 2.12. The second kappa shape index (κ2) is 5.31. The molecule has 4 nitrogen and oxygen atoms in total. The van der Waals surface area contributed by atoms with Crippen LogP contribution in [-0.2, 0) is 0 Å². The van der Waals surface area contributed by atoms with Gasteiger partial charge in [-0.15, -0.1) is 16.4 Å². The van der Waals surface area contributed by atoms with E-state index in [4.69, 9.17) is 11.6 Å². The summed E-state index contributed by atoms with van der Waals surface area (Å²) in [5.74, 6) is 0.594. The summed E-state index contributed by atoms with van der Waals surface area (Å²) in [5, 5.41) is 6.93. The molecule has 0 unspecified atom stereocenters. The van der Waals surface area contributed by atoms with Gasteiger partial charge in [-0.05, 0) is 35.2 Å². The molecule has 3 heterocycles. The molecule has 0 aliphatic carbocycles. The molecule has 0 bridgehead atoms. The van der Waals surface area contributed by atoms with E-state index in [2.05, 4.69) is 10.1 Å². The van der Waals surface area contributed by atoms with Crippen LogP contribution in [0.25, 0.3) is 21.7 Å². The normalized spacial score (nSPS) is 12.3. The number of aromatic nitrogens is 3. The molecule has 0 radical (unpaired) electrons. The molecule has 1 aromatic carbocycles. The van der Waals surface area contributed by atoms with E-state index in [1.165, 1.54) is 15.9 Å². The summed E-state index contributed by atoms with van der Waals surface area (Å²) in [7, 11) is 0. The van der Waals surface area contributed by atoms with E-state index in [1.807, 2.05) is 35.7 Å². The van der Waals surface area contributed by atoms with Gasteiger partial charge in [0.2, 0.25) is 4.96 Å². The first-order valence-electron chi connectivity index (χ1n) is 6.41. The summed E-state index contributed by atoms with van der Waals surface area (Å²) in [6.45, 7) is 0. The number of nitrogens with zero attached hydrogens (tertiary/aromatic N) is 3. The van der Waals surface area contributed by atoms with E-state index in [0.29, 0.717) is 20.3 Å². The highest BCUT2D eigenvalue weighted by atomic mass is 35.5. The van der Waals surface area contributed by atoms with E-state index in [0.717, 1.165) is 10.4 Å².